The summed E-state index contributed by atoms with van der Waals surface area (Å²) >= 11 is 0. The molecule has 0 aliphatic heterocycles. The summed E-state index contributed by atoms with van der Waals surface area (Å²) < 4.78 is 0. The maximum absolute atomic E-state index is 11.1. The average molecular weight is 203 g/mol. The molecule has 0 aliphatic carbocycles. The molecule has 0 aromatic heterocycles. The molecule has 0 saturated carbocycles. The number of carbonyl (C=O) groups excluding carboxylic acids is 1. The molecule has 0 bridgehead atoms. The highest BCUT2D eigenvalue weighted by atomic mass is 16.2. The highest BCUT2D eigenvalue weighted by Crippen LogP contribution is 2.14. The first-order chi connectivity index (χ1) is 7.06. The van der Waals surface area contributed by atoms with E-state index < -0.39 is 0 Å². The molecular formula is C11H13N3O. The number of hydrogen-bond acceptors (Lipinski definition) is 3. The summed E-state index contributed by atoms with van der Waals surface area (Å²) in [5.74, 6) is -0.0399. The normalized spacial score (nSPS) is 9.20. The molecule has 78 valence electrons. The fourth-order valence-electron chi connectivity index (χ4n) is 1.14. The summed E-state index contributed by atoms with van der Waals surface area (Å²) in [5.41, 5.74) is 1.48. The number of amides is 1. The van der Waals surface area contributed by atoms with E-state index in [0.717, 1.165) is 5.69 Å². The van der Waals surface area contributed by atoms with E-state index >= 15 is 0 Å². The standard InChI is InChI=1S/C11H13N3O/c1-9(15)13(2)14(3)11-6-4-10(8-12)5-7-11/h4-7H,1-3H3. The first kappa shape index (κ1) is 11.1. The monoisotopic (exact) mass is 203 g/mol. The van der Waals surface area contributed by atoms with Crippen LogP contribution in [0.2, 0.25) is 0 Å². The molecule has 0 atom stereocenters. The first-order valence-corrected chi connectivity index (χ1v) is 4.54. The molecule has 0 radical (unpaired) electrons. The van der Waals surface area contributed by atoms with Gasteiger partial charge in [-0.3, -0.25) is 14.8 Å². The Morgan fingerprint density at radius 3 is 2.20 bits per heavy atom. The highest BCUT2D eigenvalue weighted by Gasteiger charge is 2.09. The van der Waals surface area contributed by atoms with Crippen LogP contribution in [0.1, 0.15) is 12.5 Å². The summed E-state index contributed by atoms with van der Waals surface area (Å²) in [5, 5.41) is 11.9. The van der Waals surface area contributed by atoms with Crippen LogP contribution in [0, 0.1) is 11.3 Å². The zero-order valence-electron chi connectivity index (χ0n) is 9.06. The minimum atomic E-state index is -0.0399. The number of hydrogen-bond donors (Lipinski definition) is 0. The van der Waals surface area contributed by atoms with Gasteiger partial charge in [0.05, 0.1) is 17.3 Å². The number of nitriles is 1. The van der Waals surface area contributed by atoms with E-state index in [2.05, 4.69) is 0 Å². The molecule has 1 aromatic rings. The van der Waals surface area contributed by atoms with Crippen molar-refractivity contribution in [1.82, 2.24) is 5.01 Å². The Labute approximate surface area is 89.3 Å². The second-order valence-corrected chi connectivity index (χ2v) is 3.22. The maximum Gasteiger partial charge on any atom is 0.237 e. The lowest BCUT2D eigenvalue weighted by molar-refractivity contribution is -0.127. The molecule has 1 aromatic carbocycles. The van der Waals surface area contributed by atoms with Gasteiger partial charge in [-0.2, -0.15) is 5.26 Å². The molecule has 0 fully saturated rings. The van der Waals surface area contributed by atoms with E-state index in [1.165, 1.54) is 11.9 Å². The summed E-state index contributed by atoms with van der Waals surface area (Å²) in [7, 11) is 3.49. The third-order valence-electron chi connectivity index (χ3n) is 2.28. The Morgan fingerprint density at radius 2 is 1.80 bits per heavy atom. The Balaban J connectivity index is 2.88. The fraction of sp³-hybridized carbons (Fsp3) is 0.273. The van der Waals surface area contributed by atoms with Gasteiger partial charge in [-0.1, -0.05) is 0 Å². The van der Waals surface area contributed by atoms with Crippen molar-refractivity contribution in [3.8, 4) is 6.07 Å². The minimum absolute atomic E-state index is 0.0399. The van der Waals surface area contributed by atoms with Crippen molar-refractivity contribution in [2.24, 2.45) is 0 Å². The summed E-state index contributed by atoms with van der Waals surface area (Å²) in [6.45, 7) is 1.50. The molecule has 1 amide bonds. The number of rotatable bonds is 2. The topological polar surface area (TPSA) is 47.3 Å². The maximum atomic E-state index is 11.1. The molecule has 0 unspecified atom stereocenters. The van der Waals surface area contributed by atoms with Gasteiger partial charge >= 0.3 is 0 Å². The van der Waals surface area contributed by atoms with Gasteiger partial charge in [-0.05, 0) is 24.3 Å². The number of carbonyl (C=O) groups is 1. The molecule has 0 N–H and O–H groups in total. The molecular weight excluding hydrogens is 190 g/mol. The van der Waals surface area contributed by atoms with Crippen LogP contribution in [0.25, 0.3) is 0 Å². The average Bonchev–Trinajstić information content (AvgIpc) is 2.27. The largest absolute Gasteiger partial charge is 0.286 e. The third-order valence-corrected chi connectivity index (χ3v) is 2.28. The van der Waals surface area contributed by atoms with Crippen LogP contribution < -0.4 is 5.01 Å². The van der Waals surface area contributed by atoms with Crippen molar-refractivity contribution >= 4 is 11.6 Å². The number of anilines is 1. The van der Waals surface area contributed by atoms with Gasteiger partial charge in [0, 0.05) is 21.0 Å². The van der Waals surface area contributed by atoms with Crippen LogP contribution in [0.3, 0.4) is 0 Å². The van der Waals surface area contributed by atoms with Crippen LogP contribution in [0.5, 0.6) is 0 Å². The Bertz CT molecular complexity index is 391. The van der Waals surface area contributed by atoms with Crippen LogP contribution in [0.4, 0.5) is 5.69 Å². The van der Waals surface area contributed by atoms with Gasteiger partial charge in [0.25, 0.3) is 0 Å². The molecule has 1 rings (SSSR count). The van der Waals surface area contributed by atoms with E-state index in [1.54, 1.807) is 43.4 Å². The molecule has 0 heterocycles. The predicted molar refractivity (Wildman–Crippen MR) is 58.0 cm³/mol. The van der Waals surface area contributed by atoms with Gasteiger partial charge in [0.1, 0.15) is 0 Å². The molecule has 15 heavy (non-hydrogen) atoms. The number of hydrazine groups is 1. The van der Waals surface area contributed by atoms with Crippen molar-refractivity contribution in [2.75, 3.05) is 19.1 Å². The van der Waals surface area contributed by atoms with E-state index in [0.29, 0.717) is 5.56 Å². The lowest BCUT2D eigenvalue weighted by atomic mass is 10.2. The van der Waals surface area contributed by atoms with Crippen LogP contribution in [-0.4, -0.2) is 25.0 Å². The molecule has 4 nitrogen and oxygen atoms in total. The van der Waals surface area contributed by atoms with Gasteiger partial charge in [0.2, 0.25) is 5.91 Å². The van der Waals surface area contributed by atoms with Crippen molar-refractivity contribution in [1.29, 1.82) is 5.26 Å². The summed E-state index contributed by atoms with van der Waals surface area (Å²) in [4.78, 5) is 11.1. The third kappa shape index (κ3) is 2.47. The van der Waals surface area contributed by atoms with Crippen molar-refractivity contribution in [3.05, 3.63) is 29.8 Å². The van der Waals surface area contributed by atoms with E-state index in [1.807, 2.05) is 6.07 Å². The van der Waals surface area contributed by atoms with Crippen molar-refractivity contribution in [3.63, 3.8) is 0 Å². The second kappa shape index (κ2) is 4.47. The van der Waals surface area contributed by atoms with E-state index in [4.69, 9.17) is 5.26 Å². The van der Waals surface area contributed by atoms with Gasteiger partial charge in [-0.25, -0.2) is 0 Å². The molecule has 0 aliphatic rings. The van der Waals surface area contributed by atoms with Crippen molar-refractivity contribution < 1.29 is 4.79 Å². The van der Waals surface area contributed by atoms with Gasteiger partial charge in [-0.15, -0.1) is 0 Å². The summed E-state index contributed by atoms with van der Waals surface area (Å²) in [6.07, 6.45) is 0. The summed E-state index contributed by atoms with van der Waals surface area (Å²) in [6, 6.07) is 9.10. The minimum Gasteiger partial charge on any atom is -0.286 e. The van der Waals surface area contributed by atoms with Crippen LogP contribution in [-0.2, 0) is 4.79 Å². The molecule has 4 heteroatoms. The van der Waals surface area contributed by atoms with Crippen LogP contribution in [0.15, 0.2) is 24.3 Å². The Kier molecular flexibility index (Phi) is 3.29. The molecule has 0 spiro atoms. The molecule has 0 saturated heterocycles. The fourth-order valence-corrected chi connectivity index (χ4v) is 1.14. The zero-order valence-corrected chi connectivity index (χ0v) is 9.06. The number of nitrogens with zero attached hydrogens (tertiary/aromatic N) is 3. The zero-order chi connectivity index (χ0) is 11.4. The highest BCUT2D eigenvalue weighted by molar-refractivity contribution is 5.75. The van der Waals surface area contributed by atoms with Gasteiger partial charge < -0.3 is 0 Å². The SMILES string of the molecule is CC(=O)N(C)N(C)c1ccc(C#N)cc1. The first-order valence-electron chi connectivity index (χ1n) is 4.54. The lowest BCUT2D eigenvalue weighted by Crippen LogP contribution is -2.39. The predicted octanol–water partition coefficient (Wildman–Crippen LogP) is 1.39. The number of benzene rings is 1. The van der Waals surface area contributed by atoms with E-state index in [9.17, 15) is 4.79 Å². The van der Waals surface area contributed by atoms with E-state index in [-0.39, 0.29) is 5.91 Å². The Hall–Kier alpha value is -2.02. The smallest absolute Gasteiger partial charge is 0.237 e. The Morgan fingerprint density at radius 1 is 1.27 bits per heavy atom. The van der Waals surface area contributed by atoms with Gasteiger partial charge in [0.15, 0.2) is 0 Å². The quantitative estimate of drug-likeness (QED) is 0.682. The van der Waals surface area contributed by atoms with Crippen molar-refractivity contribution in [2.45, 2.75) is 6.92 Å². The van der Waals surface area contributed by atoms with Crippen LogP contribution >= 0.6 is 0 Å². The second-order valence-electron chi connectivity index (χ2n) is 3.22. The lowest BCUT2D eigenvalue weighted by Gasteiger charge is -2.29.